The fourth-order valence-electron chi connectivity index (χ4n) is 2.16. The lowest BCUT2D eigenvalue weighted by atomic mass is 10.0. The summed E-state index contributed by atoms with van der Waals surface area (Å²) >= 11 is 0. The Morgan fingerprint density at radius 1 is 1.19 bits per heavy atom. The van der Waals surface area contributed by atoms with Crippen molar-refractivity contribution in [1.82, 2.24) is 0 Å². The number of carbonyl (C=O) groups excluding carboxylic acids is 1. The zero-order valence-corrected chi connectivity index (χ0v) is 17.7. The Morgan fingerprint density at radius 2 is 1.81 bits per heavy atom. The third-order valence-corrected chi connectivity index (χ3v) is 4.23. The summed E-state index contributed by atoms with van der Waals surface area (Å²) < 4.78 is 9.99. The molecule has 7 heteroatoms. The molecule has 1 aliphatic heterocycles. The van der Waals surface area contributed by atoms with Crippen LogP contribution in [0.3, 0.4) is 0 Å². The van der Waals surface area contributed by atoms with E-state index in [2.05, 4.69) is 13.2 Å². The van der Waals surface area contributed by atoms with Crippen molar-refractivity contribution in [2.75, 3.05) is 13.2 Å². The number of epoxide rings is 1. The summed E-state index contributed by atoms with van der Waals surface area (Å²) in [5.74, 6) is -2.97. The molecule has 7 nitrogen and oxygen atoms in total. The average Bonchev–Trinajstić information content (AvgIpc) is 3.56. The van der Waals surface area contributed by atoms with Crippen LogP contribution < -0.4 is 0 Å². The quantitative estimate of drug-likeness (QED) is 0.330. The van der Waals surface area contributed by atoms with Gasteiger partial charge in [-0.15, -0.1) is 0 Å². The van der Waals surface area contributed by atoms with E-state index in [9.17, 15) is 14.4 Å². The molecule has 0 bridgehead atoms. The van der Waals surface area contributed by atoms with E-state index in [4.69, 9.17) is 19.7 Å². The third-order valence-electron chi connectivity index (χ3n) is 4.23. The molecule has 0 radical (unpaired) electrons. The van der Waals surface area contributed by atoms with E-state index in [1.54, 1.807) is 6.92 Å². The van der Waals surface area contributed by atoms with Gasteiger partial charge in [0.2, 0.25) is 0 Å². The van der Waals surface area contributed by atoms with Gasteiger partial charge in [0, 0.05) is 22.6 Å². The lowest BCUT2D eigenvalue weighted by molar-refractivity contribution is -0.139. The highest BCUT2D eigenvalue weighted by Crippen LogP contribution is 2.13. The molecule has 0 aromatic heterocycles. The number of hydrogen-bond donors (Lipinski definition) is 2. The molecule has 1 heterocycles. The molecule has 1 aromatic rings. The van der Waals surface area contributed by atoms with Crippen LogP contribution in [0.4, 0.5) is 0 Å². The van der Waals surface area contributed by atoms with Crippen molar-refractivity contribution < 1.29 is 34.1 Å². The van der Waals surface area contributed by atoms with Gasteiger partial charge in [-0.1, -0.05) is 68.6 Å². The van der Waals surface area contributed by atoms with Crippen molar-refractivity contribution in [2.24, 2.45) is 5.92 Å². The second-order valence-electron chi connectivity index (χ2n) is 6.95. The number of carboxylic acids is 2. The normalized spacial score (nSPS) is 15.9. The lowest BCUT2D eigenvalue weighted by Gasteiger charge is -2.05. The first kappa shape index (κ1) is 25.6. The molecule has 166 valence electrons. The van der Waals surface area contributed by atoms with E-state index in [-0.39, 0.29) is 23.2 Å². The minimum Gasteiger partial charge on any atom is -0.478 e. The Kier molecular flexibility index (Phi) is 10.7. The van der Waals surface area contributed by atoms with E-state index < -0.39 is 17.9 Å². The van der Waals surface area contributed by atoms with E-state index >= 15 is 0 Å². The van der Waals surface area contributed by atoms with Gasteiger partial charge in [-0.2, -0.15) is 0 Å². The number of ether oxygens (including phenoxy) is 2. The van der Waals surface area contributed by atoms with Gasteiger partial charge < -0.3 is 19.7 Å². The van der Waals surface area contributed by atoms with Crippen molar-refractivity contribution in [1.29, 1.82) is 0 Å². The minimum atomic E-state index is -1.11. The molecular weight excluding hydrogens is 400 g/mol. The van der Waals surface area contributed by atoms with Crippen molar-refractivity contribution in [2.45, 2.75) is 26.4 Å². The summed E-state index contributed by atoms with van der Waals surface area (Å²) in [4.78, 5) is 32.3. The van der Waals surface area contributed by atoms with Crippen LogP contribution in [0.1, 0.15) is 25.8 Å². The highest BCUT2D eigenvalue weighted by atomic mass is 16.6. The number of aliphatic carboxylic acids is 2. The number of allylic oxidation sites excluding steroid dienone is 2. The maximum Gasteiger partial charge on any atom is 0.333 e. The van der Waals surface area contributed by atoms with Gasteiger partial charge in [-0.05, 0) is 18.9 Å². The molecule has 1 fully saturated rings. The van der Waals surface area contributed by atoms with Crippen LogP contribution in [-0.4, -0.2) is 47.4 Å². The average molecular weight is 428 g/mol. The van der Waals surface area contributed by atoms with E-state index in [0.717, 1.165) is 5.56 Å². The summed E-state index contributed by atoms with van der Waals surface area (Å²) in [6, 6.07) is 9.91. The Bertz CT molecular complexity index is 861. The molecule has 2 rings (SSSR count). The summed E-state index contributed by atoms with van der Waals surface area (Å²) in [5.41, 5.74) is 1.67. The van der Waals surface area contributed by atoms with E-state index in [0.29, 0.717) is 25.2 Å². The van der Waals surface area contributed by atoms with Gasteiger partial charge >= 0.3 is 17.9 Å². The molecule has 1 aromatic carbocycles. The predicted octanol–water partition coefficient (Wildman–Crippen LogP) is 3.88. The number of rotatable bonds is 10. The van der Waals surface area contributed by atoms with Crippen molar-refractivity contribution in [3.8, 4) is 0 Å². The Morgan fingerprint density at radius 3 is 2.32 bits per heavy atom. The largest absolute Gasteiger partial charge is 0.478 e. The van der Waals surface area contributed by atoms with Gasteiger partial charge in [0.15, 0.2) is 0 Å². The Hall–Kier alpha value is -3.45. The number of carboxylic acid groups (broad SMARTS) is 2. The SMILES string of the molecule is C=C(C(=O)O)C(C)C=C(C)C(=O)O.C=C(CC=Cc1ccccc1)C(=O)OCC1CO1. The second kappa shape index (κ2) is 13.0. The number of esters is 1. The molecule has 2 unspecified atom stereocenters. The summed E-state index contributed by atoms with van der Waals surface area (Å²) in [7, 11) is 0. The molecule has 2 atom stereocenters. The van der Waals surface area contributed by atoms with Crippen LogP contribution in [0.2, 0.25) is 0 Å². The van der Waals surface area contributed by atoms with E-state index in [1.807, 2.05) is 42.5 Å². The first-order valence-corrected chi connectivity index (χ1v) is 9.63. The fraction of sp³-hybridized carbons (Fsp3) is 0.292. The Balaban J connectivity index is 0.000000330. The van der Waals surface area contributed by atoms with Crippen LogP contribution in [0.5, 0.6) is 0 Å². The molecular formula is C24H28O7. The maximum absolute atomic E-state index is 11.5. The minimum absolute atomic E-state index is 0.0133. The topological polar surface area (TPSA) is 113 Å². The van der Waals surface area contributed by atoms with Crippen LogP contribution >= 0.6 is 0 Å². The molecule has 0 saturated carbocycles. The molecule has 31 heavy (non-hydrogen) atoms. The summed E-state index contributed by atoms with van der Waals surface area (Å²) in [5, 5.41) is 17.0. The van der Waals surface area contributed by atoms with Gasteiger partial charge in [0.25, 0.3) is 0 Å². The second-order valence-corrected chi connectivity index (χ2v) is 6.95. The fourth-order valence-corrected chi connectivity index (χ4v) is 2.16. The first-order valence-electron chi connectivity index (χ1n) is 9.63. The van der Waals surface area contributed by atoms with Crippen LogP contribution in [0.25, 0.3) is 6.08 Å². The predicted molar refractivity (Wildman–Crippen MR) is 117 cm³/mol. The smallest absolute Gasteiger partial charge is 0.333 e. The lowest BCUT2D eigenvalue weighted by Crippen LogP contribution is -2.11. The first-order chi connectivity index (χ1) is 14.6. The molecule has 0 amide bonds. The molecule has 0 aliphatic carbocycles. The van der Waals surface area contributed by atoms with Gasteiger partial charge in [-0.25, -0.2) is 14.4 Å². The van der Waals surface area contributed by atoms with Crippen molar-refractivity contribution >= 4 is 24.0 Å². The standard InChI is InChI=1S/C15H16O3.C9H12O4/c1-12(15(16)18-11-14-10-17-14)6-5-9-13-7-3-2-4-8-13;1-5(7(3)9(12)13)4-6(2)8(10)11/h2-5,7-9,14H,1,6,10-11H2;4-5H,3H2,1-2H3,(H,10,11)(H,12,13). The molecule has 1 saturated heterocycles. The monoisotopic (exact) mass is 428 g/mol. The highest BCUT2D eigenvalue weighted by molar-refractivity contribution is 5.89. The molecule has 0 spiro atoms. The molecule has 2 N–H and O–H groups in total. The number of benzene rings is 1. The van der Waals surface area contributed by atoms with Crippen molar-refractivity contribution in [3.05, 3.63) is 77.9 Å². The third kappa shape index (κ3) is 10.8. The number of hydrogen-bond acceptors (Lipinski definition) is 5. The zero-order chi connectivity index (χ0) is 23.4. The highest BCUT2D eigenvalue weighted by Gasteiger charge is 2.24. The number of carbonyl (C=O) groups is 3. The summed E-state index contributed by atoms with van der Waals surface area (Å²) in [6.07, 6.45) is 5.83. The maximum atomic E-state index is 11.5. The van der Waals surface area contributed by atoms with Crippen LogP contribution in [-0.2, 0) is 23.9 Å². The molecule has 1 aliphatic rings. The van der Waals surface area contributed by atoms with E-state index in [1.165, 1.54) is 13.0 Å². The van der Waals surface area contributed by atoms with Gasteiger partial charge in [0.1, 0.15) is 12.7 Å². The zero-order valence-electron chi connectivity index (χ0n) is 17.7. The van der Waals surface area contributed by atoms with Crippen LogP contribution in [0.15, 0.2) is 72.4 Å². The van der Waals surface area contributed by atoms with Gasteiger partial charge in [-0.3, -0.25) is 0 Å². The van der Waals surface area contributed by atoms with Crippen molar-refractivity contribution in [3.63, 3.8) is 0 Å². The summed E-state index contributed by atoms with van der Waals surface area (Å²) in [6.45, 7) is 11.1. The Labute approximate surface area is 182 Å². The van der Waals surface area contributed by atoms with Gasteiger partial charge in [0.05, 0.1) is 6.61 Å². The van der Waals surface area contributed by atoms with Crippen LogP contribution in [0, 0.1) is 5.92 Å².